The fourth-order valence-corrected chi connectivity index (χ4v) is 4.45. The number of ether oxygens (including phenoxy) is 1. The molecule has 0 atom stereocenters. The Morgan fingerprint density at radius 1 is 1.00 bits per heavy atom. The summed E-state index contributed by atoms with van der Waals surface area (Å²) in [5.74, 6) is -1.13. The first-order valence-electron chi connectivity index (χ1n) is 12.2. The van der Waals surface area contributed by atoms with Gasteiger partial charge >= 0.3 is 12.1 Å². The Balaban J connectivity index is 1.34. The number of anilines is 1. The maximum absolute atomic E-state index is 14.7. The molecule has 2 aromatic carbocycles. The van der Waals surface area contributed by atoms with Crippen molar-refractivity contribution in [2.45, 2.75) is 6.18 Å². The number of pyridine rings is 1. The highest BCUT2D eigenvalue weighted by atomic mass is 19.4. The van der Waals surface area contributed by atoms with Gasteiger partial charge in [0.1, 0.15) is 23.5 Å². The Bertz CT molecular complexity index is 1580. The largest absolute Gasteiger partial charge is 0.422 e. The van der Waals surface area contributed by atoms with Crippen LogP contribution in [0.25, 0.3) is 17.9 Å². The number of esters is 1. The summed E-state index contributed by atoms with van der Waals surface area (Å²) < 4.78 is 57.8. The van der Waals surface area contributed by atoms with Crippen molar-refractivity contribution in [2.24, 2.45) is 0 Å². The molecule has 0 radical (unpaired) electrons. The normalized spacial score (nSPS) is 16.3. The molecule has 3 heterocycles. The van der Waals surface area contributed by atoms with Crippen molar-refractivity contribution in [3.63, 3.8) is 0 Å². The maximum Gasteiger partial charge on any atom is 0.409 e. The molecular weight excluding hydrogens is 528 g/mol. The topological polar surface area (TPSA) is 86.5 Å². The second-order valence-electron chi connectivity index (χ2n) is 9.11. The predicted octanol–water partition coefficient (Wildman–Crippen LogP) is 5.30. The van der Waals surface area contributed by atoms with Crippen molar-refractivity contribution in [1.29, 1.82) is 5.26 Å². The van der Waals surface area contributed by atoms with Gasteiger partial charge in [-0.25, -0.2) is 14.2 Å². The van der Waals surface area contributed by atoms with E-state index < -0.39 is 23.9 Å². The van der Waals surface area contributed by atoms with Crippen molar-refractivity contribution in [2.75, 3.05) is 31.1 Å². The molecule has 0 saturated carbocycles. The lowest BCUT2D eigenvalue weighted by Gasteiger charge is -2.35. The van der Waals surface area contributed by atoms with Gasteiger partial charge in [0.2, 0.25) is 0 Å². The van der Waals surface area contributed by atoms with Gasteiger partial charge in [0, 0.05) is 44.0 Å². The molecule has 0 aliphatic carbocycles. The zero-order valence-electron chi connectivity index (χ0n) is 20.8. The summed E-state index contributed by atoms with van der Waals surface area (Å²) in [5.41, 5.74) is 1.34. The fourth-order valence-electron chi connectivity index (χ4n) is 4.45. The number of fused-ring (bicyclic) bond motifs is 1. The summed E-state index contributed by atoms with van der Waals surface area (Å²) in [4.78, 5) is 33.2. The summed E-state index contributed by atoms with van der Waals surface area (Å²) in [6.07, 6.45) is -0.608. The Hall–Kier alpha value is -4.98. The van der Waals surface area contributed by atoms with Crippen molar-refractivity contribution < 1.29 is 31.9 Å². The van der Waals surface area contributed by atoms with E-state index in [-0.39, 0.29) is 28.5 Å². The first-order chi connectivity index (χ1) is 19.1. The second kappa shape index (κ2) is 10.6. The first kappa shape index (κ1) is 26.6. The highest BCUT2D eigenvalue weighted by molar-refractivity contribution is 6.06. The first-order valence-corrected chi connectivity index (χ1v) is 12.2. The average Bonchev–Trinajstić information content (AvgIpc) is 3.26. The average molecular weight is 548 g/mol. The quantitative estimate of drug-likeness (QED) is 0.325. The summed E-state index contributed by atoms with van der Waals surface area (Å²) in [5, 5.41) is 8.93. The van der Waals surface area contributed by atoms with Crippen LogP contribution in [0.3, 0.4) is 0 Å². The highest BCUT2D eigenvalue weighted by Gasteiger charge is 2.28. The lowest BCUT2D eigenvalue weighted by molar-refractivity contribution is -0.0790. The Kier molecular flexibility index (Phi) is 7.09. The minimum absolute atomic E-state index is 0.0794. The standard InChI is InChI=1S/C29H20F4N4O3/c30-24-5-2-19(15-25-22-13-18(7-8-29(31,32)33)1-4-21(22)28(39)40-25)14-23(24)27(38)37-11-9-36(10-12-37)26-6-3-20(16-34)17-35-26/h1-8,13-15,17H,9-12H2/b8-7+,25-15?. The monoisotopic (exact) mass is 548 g/mol. The van der Waals surface area contributed by atoms with Gasteiger partial charge in [-0.3, -0.25) is 4.79 Å². The SMILES string of the molecule is N#Cc1ccc(N2CCN(C(=O)c3cc(C=C4OC(=O)c5ccc(/C=C/C(F)(F)F)cc54)ccc3F)CC2)nc1. The highest BCUT2D eigenvalue weighted by Crippen LogP contribution is 2.33. The molecule has 0 N–H and O–H groups in total. The van der Waals surface area contributed by atoms with E-state index >= 15 is 0 Å². The van der Waals surface area contributed by atoms with E-state index in [2.05, 4.69) is 4.98 Å². The maximum atomic E-state index is 14.7. The number of rotatable bonds is 4. The van der Waals surface area contributed by atoms with Crippen LogP contribution in [0.5, 0.6) is 0 Å². The van der Waals surface area contributed by atoms with Crippen LogP contribution in [0.2, 0.25) is 0 Å². The van der Waals surface area contributed by atoms with E-state index in [1.165, 1.54) is 47.5 Å². The van der Waals surface area contributed by atoms with E-state index in [1.807, 2.05) is 11.0 Å². The van der Waals surface area contributed by atoms with E-state index in [9.17, 15) is 27.2 Å². The summed E-state index contributed by atoms with van der Waals surface area (Å²) in [6.45, 7) is 1.58. The van der Waals surface area contributed by atoms with Crippen molar-refractivity contribution in [1.82, 2.24) is 9.88 Å². The van der Waals surface area contributed by atoms with Gasteiger partial charge in [0.05, 0.1) is 16.7 Å². The molecule has 1 amide bonds. The predicted molar refractivity (Wildman–Crippen MR) is 138 cm³/mol. The lowest BCUT2D eigenvalue weighted by atomic mass is 10.0. The zero-order chi connectivity index (χ0) is 28.4. The van der Waals surface area contributed by atoms with Crippen molar-refractivity contribution in [3.05, 3.63) is 100 Å². The molecule has 2 aliphatic rings. The second-order valence-corrected chi connectivity index (χ2v) is 9.11. The number of piperazine rings is 1. The number of carbonyl (C=O) groups excluding carboxylic acids is 2. The third-order valence-electron chi connectivity index (χ3n) is 6.48. The minimum atomic E-state index is -4.49. The molecule has 0 bridgehead atoms. The number of benzene rings is 2. The molecule has 40 heavy (non-hydrogen) atoms. The molecule has 1 saturated heterocycles. The van der Waals surface area contributed by atoms with E-state index in [1.54, 1.807) is 12.1 Å². The molecule has 202 valence electrons. The van der Waals surface area contributed by atoms with Crippen molar-refractivity contribution in [3.8, 4) is 6.07 Å². The molecule has 0 spiro atoms. The number of hydrogen-bond acceptors (Lipinski definition) is 6. The van der Waals surface area contributed by atoms with Crippen molar-refractivity contribution >= 4 is 35.6 Å². The summed E-state index contributed by atoms with van der Waals surface area (Å²) in [6, 6.07) is 13.4. The number of aromatic nitrogens is 1. The molecule has 2 aliphatic heterocycles. The Morgan fingerprint density at radius 2 is 1.75 bits per heavy atom. The molecule has 1 aromatic heterocycles. The molecule has 0 unspecified atom stereocenters. The van der Waals surface area contributed by atoms with Gasteiger partial charge in [-0.1, -0.05) is 18.2 Å². The third-order valence-corrected chi connectivity index (χ3v) is 6.48. The van der Waals surface area contributed by atoms with E-state index in [0.717, 1.165) is 12.1 Å². The van der Waals surface area contributed by atoms with Crippen LogP contribution < -0.4 is 4.90 Å². The number of amides is 1. The molecule has 5 rings (SSSR count). The Labute approximate surface area is 226 Å². The van der Waals surface area contributed by atoms with Gasteiger partial charge in [-0.05, 0) is 53.6 Å². The van der Waals surface area contributed by atoms with Crippen LogP contribution in [0.1, 0.15) is 43.0 Å². The van der Waals surface area contributed by atoms with Crippen LogP contribution >= 0.6 is 0 Å². The van der Waals surface area contributed by atoms with E-state index in [0.29, 0.717) is 48.7 Å². The molecule has 3 aromatic rings. The Morgan fingerprint density at radius 3 is 2.42 bits per heavy atom. The van der Waals surface area contributed by atoms with Gasteiger partial charge < -0.3 is 14.5 Å². The zero-order valence-corrected chi connectivity index (χ0v) is 20.8. The summed E-state index contributed by atoms with van der Waals surface area (Å²) >= 11 is 0. The van der Waals surface area contributed by atoms with Gasteiger partial charge in [-0.2, -0.15) is 18.4 Å². The van der Waals surface area contributed by atoms with Gasteiger partial charge in [0.15, 0.2) is 0 Å². The number of hydrogen-bond donors (Lipinski definition) is 0. The number of allylic oxidation sites excluding steroid dienone is 1. The van der Waals surface area contributed by atoms with Crippen LogP contribution in [0, 0.1) is 17.1 Å². The summed E-state index contributed by atoms with van der Waals surface area (Å²) in [7, 11) is 0. The van der Waals surface area contributed by atoms with Crippen LogP contribution in [-0.2, 0) is 4.74 Å². The van der Waals surface area contributed by atoms with E-state index in [4.69, 9.17) is 10.00 Å². The van der Waals surface area contributed by atoms with Crippen LogP contribution in [0.4, 0.5) is 23.4 Å². The molecular formula is C29H20F4N4O3. The van der Waals surface area contributed by atoms with Gasteiger partial charge in [0.25, 0.3) is 5.91 Å². The lowest BCUT2D eigenvalue weighted by Crippen LogP contribution is -2.49. The molecule has 7 nitrogen and oxygen atoms in total. The number of alkyl halides is 3. The number of nitrogens with zero attached hydrogens (tertiary/aromatic N) is 4. The number of cyclic esters (lactones) is 1. The minimum Gasteiger partial charge on any atom is -0.422 e. The van der Waals surface area contributed by atoms with Crippen LogP contribution in [-0.4, -0.2) is 54.1 Å². The third kappa shape index (κ3) is 5.71. The number of nitriles is 1. The molecule has 1 fully saturated rings. The number of carbonyl (C=O) groups is 2. The van der Waals surface area contributed by atoms with Crippen LogP contribution in [0.15, 0.2) is 60.8 Å². The fraction of sp³-hybridized carbons (Fsp3) is 0.172. The molecule has 11 heteroatoms. The van der Waals surface area contributed by atoms with Gasteiger partial charge in [-0.15, -0.1) is 0 Å². The smallest absolute Gasteiger partial charge is 0.409 e. The number of halogens is 4.